The molecule has 0 aliphatic carbocycles. The van der Waals surface area contributed by atoms with Crippen LogP contribution in [-0.4, -0.2) is 9.49 Å². The van der Waals surface area contributed by atoms with E-state index in [1.165, 1.54) is 12.1 Å². The molecule has 3 rings (SSSR count). The first-order valence-corrected chi connectivity index (χ1v) is 7.83. The number of aromatic nitrogens is 1. The standard InChI is InChI=1S/C18H18N2O3/c1-2-3-6-11-19-16-8-5-4-7-14(16)18(21)15-10-9-13(20(22)23)12-17(15)19/h4-5,7-10,12H,2-3,6,11H2,1H3. The van der Waals surface area contributed by atoms with Gasteiger partial charge < -0.3 is 4.57 Å². The number of benzene rings is 2. The molecule has 0 spiro atoms. The fraction of sp³-hybridized carbons (Fsp3) is 0.278. The minimum Gasteiger partial charge on any atom is -0.340 e. The van der Waals surface area contributed by atoms with E-state index in [0.29, 0.717) is 16.3 Å². The Balaban J connectivity index is 2.35. The van der Waals surface area contributed by atoms with Crippen LogP contribution in [0.25, 0.3) is 21.8 Å². The first-order valence-electron chi connectivity index (χ1n) is 7.83. The summed E-state index contributed by atoms with van der Waals surface area (Å²) in [5, 5.41) is 12.3. The number of nitro groups is 1. The molecule has 0 saturated carbocycles. The van der Waals surface area contributed by atoms with E-state index < -0.39 is 4.92 Å². The smallest absolute Gasteiger partial charge is 0.271 e. The predicted octanol–water partition coefficient (Wildman–Crippen LogP) is 4.25. The number of fused-ring (bicyclic) bond motifs is 2. The van der Waals surface area contributed by atoms with E-state index in [2.05, 4.69) is 6.92 Å². The Labute approximate surface area is 133 Å². The molecule has 5 heteroatoms. The third kappa shape index (κ3) is 2.70. The third-order valence-corrected chi connectivity index (χ3v) is 4.15. The minimum atomic E-state index is -0.421. The average Bonchev–Trinajstić information content (AvgIpc) is 2.57. The van der Waals surface area contributed by atoms with Crippen molar-refractivity contribution in [1.29, 1.82) is 0 Å². The molecule has 0 fully saturated rings. The first-order chi connectivity index (χ1) is 11.1. The predicted molar refractivity (Wildman–Crippen MR) is 91.9 cm³/mol. The molecule has 23 heavy (non-hydrogen) atoms. The van der Waals surface area contributed by atoms with Crippen LogP contribution in [0.4, 0.5) is 5.69 Å². The molecule has 1 aromatic heterocycles. The van der Waals surface area contributed by atoms with Crippen LogP contribution in [0.3, 0.4) is 0 Å². The number of unbranched alkanes of at least 4 members (excludes halogenated alkanes) is 2. The van der Waals surface area contributed by atoms with E-state index >= 15 is 0 Å². The zero-order valence-corrected chi connectivity index (χ0v) is 13.0. The Kier molecular flexibility index (Phi) is 4.10. The number of nitrogens with zero attached hydrogens (tertiary/aromatic N) is 2. The lowest BCUT2D eigenvalue weighted by Crippen LogP contribution is -2.12. The zero-order valence-electron chi connectivity index (χ0n) is 13.0. The van der Waals surface area contributed by atoms with Gasteiger partial charge in [0.25, 0.3) is 5.69 Å². The molecule has 0 unspecified atom stereocenters. The van der Waals surface area contributed by atoms with Crippen molar-refractivity contribution in [3.05, 3.63) is 62.8 Å². The van der Waals surface area contributed by atoms with E-state index in [1.807, 2.05) is 28.8 Å². The summed E-state index contributed by atoms with van der Waals surface area (Å²) in [6, 6.07) is 11.9. The lowest BCUT2D eigenvalue weighted by Gasteiger charge is -2.15. The van der Waals surface area contributed by atoms with Gasteiger partial charge in [-0.3, -0.25) is 14.9 Å². The number of hydrogen-bond acceptors (Lipinski definition) is 3. The van der Waals surface area contributed by atoms with Gasteiger partial charge in [-0.1, -0.05) is 31.9 Å². The Morgan fingerprint density at radius 2 is 1.78 bits per heavy atom. The fourth-order valence-electron chi connectivity index (χ4n) is 2.99. The van der Waals surface area contributed by atoms with Gasteiger partial charge in [-0.25, -0.2) is 0 Å². The number of para-hydroxylation sites is 1. The highest BCUT2D eigenvalue weighted by Gasteiger charge is 2.14. The minimum absolute atomic E-state index is 0.0106. The van der Waals surface area contributed by atoms with Gasteiger partial charge in [0, 0.05) is 29.4 Å². The summed E-state index contributed by atoms with van der Waals surface area (Å²) in [6.07, 6.45) is 3.15. The largest absolute Gasteiger partial charge is 0.340 e. The van der Waals surface area contributed by atoms with Crippen molar-refractivity contribution in [1.82, 2.24) is 4.57 Å². The normalized spacial score (nSPS) is 11.2. The van der Waals surface area contributed by atoms with E-state index in [9.17, 15) is 14.9 Å². The van der Waals surface area contributed by atoms with Crippen LogP contribution in [0.5, 0.6) is 0 Å². The van der Waals surface area contributed by atoms with Crippen LogP contribution in [0.1, 0.15) is 26.2 Å². The summed E-state index contributed by atoms with van der Waals surface area (Å²) in [5.74, 6) is 0. The van der Waals surface area contributed by atoms with Gasteiger partial charge in [-0.15, -0.1) is 0 Å². The third-order valence-electron chi connectivity index (χ3n) is 4.15. The maximum atomic E-state index is 12.7. The van der Waals surface area contributed by atoms with Gasteiger partial charge in [0.05, 0.1) is 16.0 Å². The highest BCUT2D eigenvalue weighted by atomic mass is 16.6. The Hall–Kier alpha value is -2.69. The second kappa shape index (κ2) is 6.20. The number of aryl methyl sites for hydroxylation is 1. The average molecular weight is 310 g/mol. The molecule has 0 radical (unpaired) electrons. The van der Waals surface area contributed by atoms with E-state index in [0.717, 1.165) is 31.3 Å². The second-order valence-corrected chi connectivity index (χ2v) is 5.66. The Morgan fingerprint density at radius 3 is 2.52 bits per heavy atom. The van der Waals surface area contributed by atoms with E-state index in [-0.39, 0.29) is 11.1 Å². The molecule has 2 aromatic carbocycles. The lowest BCUT2D eigenvalue weighted by atomic mass is 10.1. The van der Waals surface area contributed by atoms with Crippen molar-refractivity contribution in [2.24, 2.45) is 0 Å². The molecule has 1 heterocycles. The van der Waals surface area contributed by atoms with Gasteiger partial charge in [-0.2, -0.15) is 0 Å². The number of pyridine rings is 1. The Bertz CT molecular complexity index is 944. The van der Waals surface area contributed by atoms with Crippen LogP contribution < -0.4 is 5.43 Å². The molecule has 0 atom stereocenters. The number of nitro benzene ring substituents is 1. The maximum absolute atomic E-state index is 12.7. The van der Waals surface area contributed by atoms with Crippen LogP contribution in [0, 0.1) is 10.1 Å². The number of hydrogen-bond donors (Lipinski definition) is 0. The van der Waals surface area contributed by atoms with Crippen molar-refractivity contribution >= 4 is 27.5 Å². The van der Waals surface area contributed by atoms with Gasteiger partial charge in [-0.05, 0) is 24.6 Å². The van der Waals surface area contributed by atoms with Gasteiger partial charge in [0.15, 0.2) is 5.43 Å². The van der Waals surface area contributed by atoms with E-state index in [4.69, 9.17) is 0 Å². The first kappa shape index (κ1) is 15.2. The lowest BCUT2D eigenvalue weighted by molar-refractivity contribution is -0.384. The highest BCUT2D eigenvalue weighted by molar-refractivity contribution is 5.94. The summed E-state index contributed by atoms with van der Waals surface area (Å²) < 4.78 is 2.04. The molecular weight excluding hydrogens is 292 g/mol. The van der Waals surface area contributed by atoms with Crippen LogP contribution in [0.2, 0.25) is 0 Å². The monoisotopic (exact) mass is 310 g/mol. The quantitative estimate of drug-likeness (QED) is 0.306. The van der Waals surface area contributed by atoms with Gasteiger partial charge in [0.2, 0.25) is 0 Å². The highest BCUT2D eigenvalue weighted by Crippen LogP contribution is 2.24. The molecule has 118 valence electrons. The SMILES string of the molecule is CCCCCn1c2ccccc2c(=O)c2ccc([N+](=O)[O-])cc21. The van der Waals surface area contributed by atoms with Gasteiger partial charge >= 0.3 is 0 Å². The van der Waals surface area contributed by atoms with Crippen molar-refractivity contribution < 1.29 is 4.92 Å². The van der Waals surface area contributed by atoms with Crippen molar-refractivity contribution in [3.63, 3.8) is 0 Å². The zero-order chi connectivity index (χ0) is 16.4. The molecule has 0 aliphatic rings. The molecule has 5 nitrogen and oxygen atoms in total. The van der Waals surface area contributed by atoms with E-state index in [1.54, 1.807) is 6.07 Å². The molecule has 0 N–H and O–H groups in total. The Morgan fingerprint density at radius 1 is 1.04 bits per heavy atom. The summed E-state index contributed by atoms with van der Waals surface area (Å²) in [6.45, 7) is 2.87. The summed E-state index contributed by atoms with van der Waals surface area (Å²) in [5.41, 5.74) is 1.41. The van der Waals surface area contributed by atoms with Crippen LogP contribution in [-0.2, 0) is 6.54 Å². The molecule has 0 amide bonds. The van der Waals surface area contributed by atoms with Crippen molar-refractivity contribution in [2.75, 3.05) is 0 Å². The van der Waals surface area contributed by atoms with Crippen molar-refractivity contribution in [2.45, 2.75) is 32.7 Å². The van der Waals surface area contributed by atoms with Crippen molar-refractivity contribution in [3.8, 4) is 0 Å². The summed E-state index contributed by atoms with van der Waals surface area (Å²) in [7, 11) is 0. The molecule has 0 aliphatic heterocycles. The molecule has 3 aromatic rings. The summed E-state index contributed by atoms with van der Waals surface area (Å²) >= 11 is 0. The summed E-state index contributed by atoms with van der Waals surface area (Å²) in [4.78, 5) is 23.3. The van der Waals surface area contributed by atoms with Crippen LogP contribution >= 0.6 is 0 Å². The molecule has 0 bridgehead atoms. The van der Waals surface area contributed by atoms with Crippen LogP contribution in [0.15, 0.2) is 47.3 Å². The molecule has 0 saturated heterocycles. The second-order valence-electron chi connectivity index (χ2n) is 5.66. The van der Waals surface area contributed by atoms with Gasteiger partial charge in [0.1, 0.15) is 0 Å². The number of non-ortho nitro benzene ring substituents is 1. The molecular formula is C18H18N2O3. The number of rotatable bonds is 5. The maximum Gasteiger partial charge on any atom is 0.271 e. The fourth-order valence-corrected chi connectivity index (χ4v) is 2.99. The topological polar surface area (TPSA) is 65.1 Å².